The molecule has 2 aromatic rings. The standard InChI is InChI=1S/C35H34F2O9S/c1-20-16-22-23-18-25(36)24-17-21(38)10-11-32(24,2)34(23,37)28(39)19-33(22,3)35(20,46-30(41)27-9-7-14-44-27)31(42)47-15-5-4-12-45-29(40)26-8-6-13-43-26/h6-11,13-14,17,20,22-23,25,28,39H,12,15-16,18-19H2,1-3H3/t20-,22+,23+,25+,28+,32+,33+,34+,35+/m1/s1. The van der Waals surface area contributed by atoms with Gasteiger partial charge >= 0.3 is 11.9 Å². The van der Waals surface area contributed by atoms with Gasteiger partial charge in [-0.05, 0) is 74.1 Å². The number of carbonyl (C=O) groups excluding carboxylic acids is 4. The Bertz CT molecular complexity index is 1700. The van der Waals surface area contributed by atoms with Gasteiger partial charge in [-0.3, -0.25) is 9.59 Å². The zero-order valence-electron chi connectivity index (χ0n) is 26.0. The Hall–Kier alpha value is -3.95. The first-order valence-electron chi connectivity index (χ1n) is 15.4. The van der Waals surface area contributed by atoms with Gasteiger partial charge in [-0.2, -0.15) is 0 Å². The van der Waals surface area contributed by atoms with Gasteiger partial charge in [0, 0.05) is 22.7 Å². The summed E-state index contributed by atoms with van der Waals surface area (Å²) >= 11 is 0.788. The van der Waals surface area contributed by atoms with Crippen molar-refractivity contribution in [1.82, 2.24) is 0 Å². The number of alkyl halides is 2. The average molecular weight is 669 g/mol. The molecule has 2 heterocycles. The van der Waals surface area contributed by atoms with Crippen LogP contribution in [0.5, 0.6) is 0 Å². The highest BCUT2D eigenvalue weighted by Gasteiger charge is 2.78. The molecule has 4 aliphatic rings. The summed E-state index contributed by atoms with van der Waals surface area (Å²) in [6.45, 7) is 4.67. The van der Waals surface area contributed by atoms with Crippen molar-refractivity contribution in [1.29, 1.82) is 0 Å². The first-order chi connectivity index (χ1) is 22.3. The third kappa shape index (κ3) is 4.92. The van der Waals surface area contributed by atoms with Crippen molar-refractivity contribution in [3.8, 4) is 11.8 Å². The molecular weight excluding hydrogens is 634 g/mol. The molecule has 0 unspecified atom stereocenters. The molecule has 0 spiro atoms. The van der Waals surface area contributed by atoms with Gasteiger partial charge in [0.25, 0.3) is 0 Å². The molecule has 47 heavy (non-hydrogen) atoms. The van der Waals surface area contributed by atoms with Crippen LogP contribution < -0.4 is 0 Å². The lowest BCUT2D eigenvalue weighted by molar-refractivity contribution is -0.221. The summed E-state index contributed by atoms with van der Waals surface area (Å²) in [5.41, 5.74) is -7.16. The number of thioether (sulfide) groups is 1. The van der Waals surface area contributed by atoms with Crippen molar-refractivity contribution in [3.63, 3.8) is 0 Å². The van der Waals surface area contributed by atoms with Crippen molar-refractivity contribution in [2.24, 2.45) is 28.6 Å². The summed E-state index contributed by atoms with van der Waals surface area (Å²) in [5.74, 6) is 0.792. The minimum atomic E-state index is -2.36. The third-order valence-electron chi connectivity index (χ3n) is 10.8. The highest BCUT2D eigenvalue weighted by atomic mass is 32.2. The van der Waals surface area contributed by atoms with Crippen LogP contribution in [0.25, 0.3) is 0 Å². The van der Waals surface area contributed by atoms with Crippen molar-refractivity contribution < 1.29 is 51.4 Å². The summed E-state index contributed by atoms with van der Waals surface area (Å²) in [6, 6.07) is 5.88. The zero-order valence-corrected chi connectivity index (χ0v) is 26.8. The van der Waals surface area contributed by atoms with E-state index in [1.165, 1.54) is 49.8 Å². The van der Waals surface area contributed by atoms with Crippen molar-refractivity contribution in [2.75, 3.05) is 12.4 Å². The number of esters is 2. The molecule has 0 aliphatic heterocycles. The van der Waals surface area contributed by atoms with E-state index in [2.05, 4.69) is 11.8 Å². The molecule has 3 fully saturated rings. The minimum Gasteiger partial charge on any atom is -0.457 e. The van der Waals surface area contributed by atoms with Crippen molar-refractivity contribution >= 4 is 34.6 Å². The van der Waals surface area contributed by atoms with E-state index in [1.54, 1.807) is 19.9 Å². The lowest BCUT2D eigenvalue weighted by atomic mass is 9.44. The van der Waals surface area contributed by atoms with Gasteiger partial charge in [0.2, 0.25) is 16.6 Å². The van der Waals surface area contributed by atoms with Crippen LogP contribution in [0.2, 0.25) is 0 Å². The Balaban J connectivity index is 1.31. The molecule has 9 nitrogen and oxygen atoms in total. The van der Waals surface area contributed by atoms with Gasteiger partial charge in [0.15, 0.2) is 23.7 Å². The lowest BCUT2D eigenvalue weighted by Crippen LogP contribution is -2.70. The maximum absolute atomic E-state index is 17.7. The SMILES string of the molecule is C[C@@H]1C[C@H]2[C@@H]3C[C@H](F)C4=CC(=O)C=C[C@]4(C)[C@@]3(F)[C@@H](O)C[C@]2(C)[C@@]1(OC(=O)c1ccco1)C(=O)SCC#CCOC(=O)c1ccco1. The first-order valence-corrected chi connectivity index (χ1v) is 16.3. The van der Waals surface area contributed by atoms with Crippen LogP contribution in [-0.2, 0) is 19.1 Å². The van der Waals surface area contributed by atoms with Crippen LogP contribution in [0.3, 0.4) is 0 Å². The van der Waals surface area contributed by atoms with E-state index >= 15 is 8.78 Å². The molecule has 9 atom stereocenters. The van der Waals surface area contributed by atoms with Crippen LogP contribution in [-0.4, -0.2) is 63.8 Å². The van der Waals surface area contributed by atoms with Gasteiger partial charge in [0.05, 0.1) is 24.4 Å². The van der Waals surface area contributed by atoms with E-state index < -0.39 is 75.0 Å². The Morgan fingerprint density at radius 2 is 1.74 bits per heavy atom. The number of halogens is 2. The molecular formula is C35H34F2O9S. The summed E-state index contributed by atoms with van der Waals surface area (Å²) in [4.78, 5) is 51.9. The number of ether oxygens (including phenoxy) is 2. The molecule has 0 aromatic carbocycles. The number of ketones is 1. The molecule has 0 saturated heterocycles. The fraction of sp³-hybridized carbons (Fsp3) is 0.486. The van der Waals surface area contributed by atoms with E-state index in [1.807, 2.05) is 0 Å². The summed E-state index contributed by atoms with van der Waals surface area (Å²) < 4.78 is 55.0. The number of hydrogen-bond acceptors (Lipinski definition) is 10. The van der Waals surface area contributed by atoms with Gasteiger partial charge in [-0.1, -0.05) is 43.5 Å². The molecule has 248 valence electrons. The molecule has 0 radical (unpaired) electrons. The Morgan fingerprint density at radius 3 is 2.40 bits per heavy atom. The molecule has 3 saturated carbocycles. The topological polar surface area (TPSA) is 133 Å². The maximum atomic E-state index is 17.7. The first kappa shape index (κ1) is 33.0. The van der Waals surface area contributed by atoms with E-state index in [-0.39, 0.29) is 48.7 Å². The minimum absolute atomic E-state index is 0.00648. The number of fused-ring (bicyclic) bond motifs is 5. The van der Waals surface area contributed by atoms with Crippen LogP contribution in [0.15, 0.2) is 69.4 Å². The van der Waals surface area contributed by atoms with Crippen LogP contribution in [0, 0.1) is 40.4 Å². The predicted molar refractivity (Wildman–Crippen MR) is 164 cm³/mol. The van der Waals surface area contributed by atoms with Crippen molar-refractivity contribution in [3.05, 3.63) is 72.1 Å². The molecule has 0 bridgehead atoms. The summed E-state index contributed by atoms with van der Waals surface area (Å²) in [6.07, 6.45) is 2.56. The van der Waals surface area contributed by atoms with E-state index in [4.69, 9.17) is 18.3 Å². The van der Waals surface area contributed by atoms with Crippen LogP contribution >= 0.6 is 11.8 Å². The number of furan rings is 2. The van der Waals surface area contributed by atoms with Gasteiger partial charge in [-0.15, -0.1) is 0 Å². The van der Waals surface area contributed by atoms with E-state index in [0.717, 1.165) is 17.8 Å². The predicted octanol–water partition coefficient (Wildman–Crippen LogP) is 5.45. The Labute approximate surface area is 274 Å². The Kier molecular flexibility index (Phi) is 8.37. The number of allylic oxidation sites excluding steroid dienone is 4. The molecule has 4 aliphatic carbocycles. The number of hydrogen-bond donors (Lipinski definition) is 1. The monoisotopic (exact) mass is 668 g/mol. The molecule has 6 rings (SSSR count). The molecule has 2 aromatic heterocycles. The number of aliphatic hydroxyl groups excluding tert-OH is 1. The average Bonchev–Trinajstić information content (AvgIpc) is 3.80. The fourth-order valence-corrected chi connectivity index (χ4v) is 9.68. The zero-order chi connectivity index (χ0) is 33.8. The second-order valence-electron chi connectivity index (χ2n) is 13.1. The highest BCUT2D eigenvalue weighted by Crippen LogP contribution is 2.72. The van der Waals surface area contributed by atoms with Crippen molar-refractivity contribution in [2.45, 2.75) is 63.6 Å². The second-order valence-corrected chi connectivity index (χ2v) is 14.0. The number of aliphatic hydroxyl groups is 1. The van der Waals surface area contributed by atoms with Crippen LogP contribution in [0.4, 0.5) is 8.78 Å². The smallest absolute Gasteiger partial charge is 0.375 e. The number of rotatable bonds is 6. The molecule has 12 heteroatoms. The number of carbonyl (C=O) groups is 4. The Morgan fingerprint density at radius 1 is 1.06 bits per heavy atom. The van der Waals surface area contributed by atoms with Crippen LogP contribution in [0.1, 0.15) is 61.1 Å². The quantitative estimate of drug-likeness (QED) is 0.313. The van der Waals surface area contributed by atoms with Gasteiger partial charge in [0.1, 0.15) is 6.17 Å². The second kappa shape index (κ2) is 11.9. The maximum Gasteiger partial charge on any atom is 0.375 e. The summed E-state index contributed by atoms with van der Waals surface area (Å²) in [7, 11) is 0. The molecule has 1 N–H and O–H groups in total. The normalized spacial score (nSPS) is 37.0. The van der Waals surface area contributed by atoms with Gasteiger partial charge < -0.3 is 23.4 Å². The largest absolute Gasteiger partial charge is 0.457 e. The fourth-order valence-electron chi connectivity index (χ4n) is 8.69. The third-order valence-corrected chi connectivity index (χ3v) is 11.7. The van der Waals surface area contributed by atoms with E-state index in [9.17, 15) is 24.3 Å². The highest BCUT2D eigenvalue weighted by molar-refractivity contribution is 8.14. The lowest BCUT2D eigenvalue weighted by Gasteiger charge is -2.63. The van der Waals surface area contributed by atoms with E-state index in [0.29, 0.717) is 0 Å². The van der Waals surface area contributed by atoms with Gasteiger partial charge in [-0.25, -0.2) is 18.4 Å². The summed E-state index contributed by atoms with van der Waals surface area (Å²) in [5, 5.41) is 11.2. The molecule has 0 amide bonds.